The van der Waals surface area contributed by atoms with Gasteiger partial charge in [-0.1, -0.05) is 11.6 Å². The van der Waals surface area contributed by atoms with Crippen molar-refractivity contribution < 1.29 is 5.11 Å². The Morgan fingerprint density at radius 3 is 2.54 bits per heavy atom. The standard InChI is InChI=1S/C8H9BrClNO.ClH/c1-4(11)6-2-5(10)3-7(9)8(6)12;/h2-4,12H,11H2,1H3;1H/t4-;/m1./s1. The van der Waals surface area contributed by atoms with Gasteiger partial charge >= 0.3 is 0 Å². The molecule has 0 aromatic heterocycles. The molecule has 0 unspecified atom stereocenters. The highest BCUT2D eigenvalue weighted by atomic mass is 79.9. The van der Waals surface area contributed by atoms with E-state index < -0.39 is 0 Å². The summed E-state index contributed by atoms with van der Waals surface area (Å²) in [5.41, 5.74) is 6.26. The van der Waals surface area contributed by atoms with Crippen molar-refractivity contribution in [1.82, 2.24) is 0 Å². The van der Waals surface area contributed by atoms with Crippen LogP contribution < -0.4 is 5.73 Å². The van der Waals surface area contributed by atoms with Gasteiger partial charge in [-0.15, -0.1) is 12.4 Å². The summed E-state index contributed by atoms with van der Waals surface area (Å²) in [4.78, 5) is 0. The lowest BCUT2D eigenvalue weighted by molar-refractivity contribution is 0.460. The molecule has 0 radical (unpaired) electrons. The fourth-order valence-electron chi connectivity index (χ4n) is 0.933. The number of rotatable bonds is 1. The minimum atomic E-state index is -0.222. The molecule has 1 aromatic carbocycles. The first-order chi connectivity index (χ1) is 5.52. The first-order valence-corrected chi connectivity index (χ1v) is 4.63. The van der Waals surface area contributed by atoms with E-state index in [0.29, 0.717) is 15.1 Å². The molecule has 0 spiro atoms. The summed E-state index contributed by atoms with van der Waals surface area (Å²) < 4.78 is 0.572. The summed E-state index contributed by atoms with van der Waals surface area (Å²) in [5, 5.41) is 10.1. The predicted octanol–water partition coefficient (Wildman–Crippen LogP) is 3.25. The predicted molar refractivity (Wildman–Crippen MR) is 60.7 cm³/mol. The smallest absolute Gasteiger partial charge is 0.134 e. The molecule has 2 nitrogen and oxygen atoms in total. The Morgan fingerprint density at radius 1 is 1.54 bits per heavy atom. The van der Waals surface area contributed by atoms with Gasteiger partial charge in [-0.25, -0.2) is 0 Å². The molecule has 3 N–H and O–H groups in total. The Labute approximate surface area is 96.6 Å². The monoisotopic (exact) mass is 285 g/mol. The number of halogens is 3. The molecule has 74 valence electrons. The van der Waals surface area contributed by atoms with Crippen LogP contribution in [0.1, 0.15) is 18.5 Å². The quantitative estimate of drug-likeness (QED) is 0.832. The number of phenols is 1. The summed E-state index contributed by atoms with van der Waals surface area (Å²) in [7, 11) is 0. The van der Waals surface area contributed by atoms with Gasteiger partial charge in [0.25, 0.3) is 0 Å². The molecule has 0 saturated heterocycles. The fraction of sp³-hybridized carbons (Fsp3) is 0.250. The zero-order chi connectivity index (χ0) is 9.30. The number of nitrogens with two attached hydrogens (primary N) is 1. The maximum absolute atomic E-state index is 9.51. The molecule has 0 aliphatic heterocycles. The maximum Gasteiger partial charge on any atom is 0.134 e. The lowest BCUT2D eigenvalue weighted by atomic mass is 10.1. The third-order valence-corrected chi connectivity index (χ3v) is 2.37. The van der Waals surface area contributed by atoms with Crippen LogP contribution in [0.2, 0.25) is 5.02 Å². The Hall–Kier alpha value is 0.0400. The fourth-order valence-corrected chi connectivity index (χ4v) is 1.77. The van der Waals surface area contributed by atoms with Crippen LogP contribution in [0, 0.1) is 0 Å². The van der Waals surface area contributed by atoms with Crippen LogP contribution in [0.4, 0.5) is 0 Å². The summed E-state index contributed by atoms with van der Waals surface area (Å²) in [6.07, 6.45) is 0. The van der Waals surface area contributed by atoms with Crippen LogP contribution >= 0.6 is 39.9 Å². The van der Waals surface area contributed by atoms with Gasteiger partial charge in [-0.05, 0) is 35.0 Å². The zero-order valence-electron chi connectivity index (χ0n) is 6.92. The molecule has 1 rings (SSSR count). The average molecular weight is 287 g/mol. The zero-order valence-corrected chi connectivity index (χ0v) is 10.1. The minimum Gasteiger partial charge on any atom is -0.506 e. The first-order valence-electron chi connectivity index (χ1n) is 3.46. The van der Waals surface area contributed by atoms with Crippen molar-refractivity contribution in [2.45, 2.75) is 13.0 Å². The van der Waals surface area contributed by atoms with E-state index in [-0.39, 0.29) is 24.2 Å². The van der Waals surface area contributed by atoms with Crippen molar-refractivity contribution in [2.24, 2.45) is 5.73 Å². The molecule has 0 aliphatic rings. The number of hydrogen-bond donors (Lipinski definition) is 2. The van der Waals surface area contributed by atoms with Crippen LogP contribution in [-0.2, 0) is 0 Å². The lowest BCUT2D eigenvalue weighted by Gasteiger charge is -2.09. The summed E-state index contributed by atoms with van der Waals surface area (Å²) >= 11 is 8.94. The second kappa shape index (κ2) is 5.05. The Morgan fingerprint density at radius 2 is 2.08 bits per heavy atom. The van der Waals surface area contributed by atoms with Gasteiger partial charge in [0.2, 0.25) is 0 Å². The molecule has 0 bridgehead atoms. The van der Waals surface area contributed by atoms with E-state index in [1.165, 1.54) is 0 Å². The summed E-state index contributed by atoms with van der Waals surface area (Å²) in [5.74, 6) is 0.161. The van der Waals surface area contributed by atoms with E-state index in [1.54, 1.807) is 19.1 Å². The van der Waals surface area contributed by atoms with Crippen molar-refractivity contribution in [2.75, 3.05) is 0 Å². The normalized spacial score (nSPS) is 12.0. The van der Waals surface area contributed by atoms with Crippen molar-refractivity contribution in [3.05, 3.63) is 27.2 Å². The molecule has 13 heavy (non-hydrogen) atoms. The van der Waals surface area contributed by atoms with Crippen molar-refractivity contribution >= 4 is 39.9 Å². The van der Waals surface area contributed by atoms with Gasteiger partial charge in [0.1, 0.15) is 5.75 Å². The molecule has 0 amide bonds. The molecule has 0 fully saturated rings. The number of benzene rings is 1. The van der Waals surface area contributed by atoms with Crippen molar-refractivity contribution in [3.63, 3.8) is 0 Å². The van der Waals surface area contributed by atoms with Crippen LogP contribution in [-0.4, -0.2) is 5.11 Å². The molecule has 1 aromatic rings. The Bertz CT molecular complexity index is 304. The van der Waals surface area contributed by atoms with Crippen molar-refractivity contribution in [3.8, 4) is 5.75 Å². The maximum atomic E-state index is 9.51. The highest BCUT2D eigenvalue weighted by Gasteiger charge is 2.10. The third-order valence-electron chi connectivity index (χ3n) is 1.55. The van der Waals surface area contributed by atoms with Gasteiger partial charge in [-0.2, -0.15) is 0 Å². The molecule has 0 heterocycles. The van der Waals surface area contributed by atoms with E-state index in [4.69, 9.17) is 17.3 Å². The van der Waals surface area contributed by atoms with Gasteiger partial charge in [0.15, 0.2) is 0 Å². The third kappa shape index (κ3) is 3.02. The molecular weight excluding hydrogens is 277 g/mol. The molecule has 0 aliphatic carbocycles. The Balaban J connectivity index is 0.00000144. The highest BCUT2D eigenvalue weighted by Crippen LogP contribution is 2.33. The number of hydrogen-bond acceptors (Lipinski definition) is 2. The van der Waals surface area contributed by atoms with Crippen LogP contribution in [0.3, 0.4) is 0 Å². The molecule has 5 heteroatoms. The minimum absolute atomic E-state index is 0. The topological polar surface area (TPSA) is 46.2 Å². The second-order valence-corrected chi connectivity index (χ2v) is 3.90. The van der Waals surface area contributed by atoms with Crippen LogP contribution in [0.15, 0.2) is 16.6 Å². The first kappa shape index (κ1) is 13.0. The Kier molecular flexibility index (Phi) is 5.07. The van der Waals surface area contributed by atoms with E-state index in [9.17, 15) is 5.11 Å². The molecule has 0 saturated carbocycles. The molecular formula is C8H10BrCl2NO. The largest absolute Gasteiger partial charge is 0.506 e. The molecule has 1 atom stereocenters. The van der Waals surface area contributed by atoms with Crippen LogP contribution in [0.5, 0.6) is 5.75 Å². The average Bonchev–Trinajstić information content (AvgIpc) is 1.96. The summed E-state index contributed by atoms with van der Waals surface area (Å²) in [6, 6.07) is 3.06. The van der Waals surface area contributed by atoms with Crippen molar-refractivity contribution in [1.29, 1.82) is 0 Å². The van der Waals surface area contributed by atoms with Crippen LogP contribution in [0.25, 0.3) is 0 Å². The van der Waals surface area contributed by atoms with Gasteiger partial charge in [0.05, 0.1) is 4.47 Å². The summed E-state index contributed by atoms with van der Waals surface area (Å²) in [6.45, 7) is 1.79. The van der Waals surface area contributed by atoms with E-state index in [0.717, 1.165) is 0 Å². The van der Waals surface area contributed by atoms with Gasteiger partial charge < -0.3 is 10.8 Å². The number of aromatic hydroxyl groups is 1. The van der Waals surface area contributed by atoms with Gasteiger partial charge in [0, 0.05) is 16.6 Å². The van der Waals surface area contributed by atoms with E-state index in [1.807, 2.05) is 0 Å². The van der Waals surface area contributed by atoms with Gasteiger partial charge in [-0.3, -0.25) is 0 Å². The highest BCUT2D eigenvalue weighted by molar-refractivity contribution is 9.10. The second-order valence-electron chi connectivity index (χ2n) is 2.61. The SMILES string of the molecule is C[C@@H](N)c1cc(Cl)cc(Br)c1O.Cl. The lowest BCUT2D eigenvalue weighted by Crippen LogP contribution is -2.05. The van der Waals surface area contributed by atoms with E-state index >= 15 is 0 Å². The van der Waals surface area contributed by atoms with E-state index in [2.05, 4.69) is 15.9 Å². The number of phenolic OH excluding ortho intramolecular Hbond substituents is 1.